The quantitative estimate of drug-likeness (QED) is 0.0541. The summed E-state index contributed by atoms with van der Waals surface area (Å²) in [5, 5.41) is 0. The molecule has 0 amide bonds. The molecule has 3 rings (SSSR count). The fraction of sp³-hybridized carbons (Fsp3) is 0.684. The normalized spacial score (nSPS) is 11.6. The van der Waals surface area contributed by atoms with E-state index in [0.717, 1.165) is 42.1 Å². The van der Waals surface area contributed by atoms with Crippen LogP contribution in [0.5, 0.6) is 5.75 Å². The van der Waals surface area contributed by atoms with Gasteiger partial charge in [-0.3, -0.25) is 0 Å². The van der Waals surface area contributed by atoms with Crippen LogP contribution in [0.4, 0.5) is 0 Å². The lowest BCUT2D eigenvalue weighted by Crippen LogP contribution is -2.36. The van der Waals surface area contributed by atoms with E-state index in [4.69, 9.17) is 14.5 Å². The molecule has 3 aromatic rings. The molecule has 0 radical (unpaired) electrons. The van der Waals surface area contributed by atoms with Crippen molar-refractivity contribution in [1.29, 1.82) is 0 Å². The number of hydrogen-bond donors (Lipinski definition) is 0. The minimum absolute atomic E-state index is 0.846. The minimum Gasteiger partial charge on any atom is -0.494 e. The van der Waals surface area contributed by atoms with Gasteiger partial charge in [0, 0.05) is 31.8 Å². The van der Waals surface area contributed by atoms with Gasteiger partial charge in [0.2, 0.25) is 11.0 Å². The molecule has 0 aliphatic heterocycles. The van der Waals surface area contributed by atoms with Crippen LogP contribution in [0, 0.1) is 0 Å². The smallest absolute Gasteiger partial charge is 0.235 e. The van der Waals surface area contributed by atoms with E-state index in [-0.39, 0.29) is 0 Å². The van der Waals surface area contributed by atoms with Crippen molar-refractivity contribution in [2.45, 2.75) is 148 Å². The number of unbranched alkanes of at least 4 members (excludes halogenated alkanes) is 19. The van der Waals surface area contributed by atoms with Crippen molar-refractivity contribution in [3.05, 3.63) is 42.5 Å². The summed E-state index contributed by atoms with van der Waals surface area (Å²) in [6.07, 6.45) is 28.6. The summed E-state index contributed by atoms with van der Waals surface area (Å²) >= 11 is 0. The first-order chi connectivity index (χ1) is 20.8. The van der Waals surface area contributed by atoms with Crippen molar-refractivity contribution in [3.8, 4) is 5.75 Å². The highest BCUT2D eigenvalue weighted by molar-refractivity contribution is 5.85. The number of rotatable bonds is 26. The van der Waals surface area contributed by atoms with E-state index in [1.165, 1.54) is 140 Å². The molecule has 1 heterocycles. The SMILES string of the molecule is CCCCCCCCCCCCCOCCCCCCCCCCCC[n+]1c2ccccc2nc2c(OC)cccc21. The second-order valence-electron chi connectivity index (χ2n) is 12.3. The van der Waals surface area contributed by atoms with E-state index in [0.29, 0.717) is 0 Å². The van der Waals surface area contributed by atoms with Gasteiger partial charge in [-0.1, -0.05) is 134 Å². The van der Waals surface area contributed by atoms with Gasteiger partial charge in [0.1, 0.15) is 12.1 Å². The molecule has 0 N–H and O–H groups in total. The number of para-hydroxylation sites is 3. The first-order valence-corrected chi connectivity index (χ1v) is 17.7. The molecule has 42 heavy (non-hydrogen) atoms. The van der Waals surface area contributed by atoms with Crippen LogP contribution in [-0.4, -0.2) is 25.3 Å². The highest BCUT2D eigenvalue weighted by Gasteiger charge is 2.18. The fourth-order valence-corrected chi connectivity index (χ4v) is 6.14. The van der Waals surface area contributed by atoms with Crippen LogP contribution in [0.2, 0.25) is 0 Å². The van der Waals surface area contributed by atoms with Crippen molar-refractivity contribution < 1.29 is 14.0 Å². The molecule has 234 valence electrons. The van der Waals surface area contributed by atoms with Crippen LogP contribution < -0.4 is 9.30 Å². The largest absolute Gasteiger partial charge is 0.494 e. The molecule has 0 unspecified atom stereocenters. The van der Waals surface area contributed by atoms with Gasteiger partial charge in [0.15, 0.2) is 11.3 Å². The highest BCUT2D eigenvalue weighted by Crippen LogP contribution is 2.24. The Morgan fingerprint density at radius 1 is 0.548 bits per heavy atom. The number of aryl methyl sites for hydroxylation is 1. The molecule has 4 heteroatoms. The third-order valence-corrected chi connectivity index (χ3v) is 8.71. The van der Waals surface area contributed by atoms with E-state index in [2.05, 4.69) is 47.9 Å². The summed E-state index contributed by atoms with van der Waals surface area (Å²) in [5.74, 6) is 0.846. The highest BCUT2D eigenvalue weighted by atomic mass is 16.5. The van der Waals surface area contributed by atoms with Gasteiger partial charge in [0.05, 0.1) is 7.11 Å². The average molecular weight is 578 g/mol. The van der Waals surface area contributed by atoms with Crippen LogP contribution in [0.25, 0.3) is 22.1 Å². The molecule has 1 aromatic heterocycles. The standard InChI is InChI=1S/C38H61N2O2/c1-3-4-5-6-7-8-10-13-16-19-24-32-42-33-25-20-17-14-11-9-12-15-18-23-31-40-35-28-22-21-27-34(35)39-38-36(40)29-26-30-37(38)41-2/h21-22,26-30H,3-20,23-25,31-33H2,1-2H3/q+1. The van der Waals surface area contributed by atoms with E-state index < -0.39 is 0 Å². The van der Waals surface area contributed by atoms with Gasteiger partial charge in [-0.2, -0.15) is 4.57 Å². The third-order valence-electron chi connectivity index (χ3n) is 8.71. The van der Waals surface area contributed by atoms with Crippen LogP contribution >= 0.6 is 0 Å². The number of hydrogen-bond acceptors (Lipinski definition) is 3. The lowest BCUT2D eigenvalue weighted by atomic mass is 10.1. The Morgan fingerprint density at radius 3 is 1.62 bits per heavy atom. The summed E-state index contributed by atoms with van der Waals surface area (Å²) < 4.78 is 13.9. The second-order valence-corrected chi connectivity index (χ2v) is 12.3. The number of ether oxygens (including phenoxy) is 2. The summed E-state index contributed by atoms with van der Waals surface area (Å²) in [4.78, 5) is 4.90. The first-order valence-electron chi connectivity index (χ1n) is 17.7. The monoisotopic (exact) mass is 577 g/mol. The average Bonchev–Trinajstić information content (AvgIpc) is 3.02. The van der Waals surface area contributed by atoms with Crippen LogP contribution in [0.3, 0.4) is 0 Å². The van der Waals surface area contributed by atoms with Crippen molar-refractivity contribution in [1.82, 2.24) is 4.98 Å². The van der Waals surface area contributed by atoms with Crippen molar-refractivity contribution in [3.63, 3.8) is 0 Å². The summed E-state index contributed by atoms with van der Waals surface area (Å²) in [6, 6.07) is 14.7. The Labute approximate surface area is 257 Å². The molecule has 0 spiro atoms. The zero-order valence-electron chi connectivity index (χ0n) is 27.2. The summed E-state index contributed by atoms with van der Waals surface area (Å²) in [7, 11) is 1.73. The Kier molecular flexibility index (Phi) is 18.3. The summed E-state index contributed by atoms with van der Waals surface area (Å²) in [6.45, 7) is 5.25. The molecule has 0 fully saturated rings. The molecule has 0 saturated heterocycles. The predicted molar refractivity (Wildman–Crippen MR) is 179 cm³/mol. The topological polar surface area (TPSA) is 35.2 Å². The maximum absolute atomic E-state index is 5.88. The van der Waals surface area contributed by atoms with Crippen molar-refractivity contribution >= 4 is 22.1 Å². The molecule has 0 aliphatic rings. The van der Waals surface area contributed by atoms with Crippen molar-refractivity contribution in [2.24, 2.45) is 0 Å². The maximum atomic E-state index is 5.88. The van der Waals surface area contributed by atoms with Crippen LogP contribution in [0.1, 0.15) is 142 Å². The Balaban J connectivity index is 1.12. The first kappa shape index (κ1) is 34.3. The zero-order valence-corrected chi connectivity index (χ0v) is 27.2. The van der Waals surface area contributed by atoms with Gasteiger partial charge < -0.3 is 9.47 Å². The molecule has 0 aliphatic carbocycles. The molecular formula is C38H61N2O2+. The number of nitrogens with zero attached hydrogens (tertiary/aromatic N) is 2. The number of aromatic nitrogens is 2. The Morgan fingerprint density at radius 2 is 1.05 bits per heavy atom. The molecule has 0 bridgehead atoms. The van der Waals surface area contributed by atoms with Gasteiger partial charge in [-0.25, -0.2) is 4.98 Å². The van der Waals surface area contributed by atoms with Crippen molar-refractivity contribution in [2.75, 3.05) is 20.3 Å². The summed E-state index contributed by atoms with van der Waals surface area (Å²) in [5.41, 5.74) is 4.35. The van der Waals surface area contributed by atoms with Gasteiger partial charge in [-0.15, -0.1) is 0 Å². The predicted octanol–water partition coefficient (Wildman–Crippen LogP) is 10.9. The van der Waals surface area contributed by atoms with E-state index >= 15 is 0 Å². The van der Waals surface area contributed by atoms with E-state index in [9.17, 15) is 0 Å². The molecule has 0 saturated carbocycles. The van der Waals surface area contributed by atoms with Gasteiger partial charge in [-0.05, 0) is 31.4 Å². The lowest BCUT2D eigenvalue weighted by Gasteiger charge is -2.08. The van der Waals surface area contributed by atoms with Gasteiger partial charge in [0.25, 0.3) is 0 Å². The molecule has 4 nitrogen and oxygen atoms in total. The minimum atomic E-state index is 0.846. The second kappa shape index (κ2) is 22.4. The fourth-order valence-electron chi connectivity index (χ4n) is 6.14. The van der Waals surface area contributed by atoms with Crippen LogP contribution in [-0.2, 0) is 11.3 Å². The maximum Gasteiger partial charge on any atom is 0.235 e. The number of fused-ring (bicyclic) bond motifs is 2. The zero-order chi connectivity index (χ0) is 29.5. The van der Waals surface area contributed by atoms with Crippen LogP contribution in [0.15, 0.2) is 42.5 Å². The Hall–Kier alpha value is -2.20. The number of methoxy groups -OCH3 is 1. The molecule has 0 atom stereocenters. The van der Waals surface area contributed by atoms with E-state index in [1.54, 1.807) is 7.11 Å². The van der Waals surface area contributed by atoms with Gasteiger partial charge >= 0.3 is 0 Å². The molecule has 2 aromatic carbocycles. The van der Waals surface area contributed by atoms with E-state index in [1.807, 2.05) is 6.07 Å². The third kappa shape index (κ3) is 13.0. The Bertz CT molecular complexity index is 1100. The molecular weight excluding hydrogens is 516 g/mol. The lowest BCUT2D eigenvalue weighted by molar-refractivity contribution is -0.646. The number of benzene rings is 2.